The molecule has 0 radical (unpaired) electrons. The van der Waals surface area contributed by atoms with Gasteiger partial charge in [-0.25, -0.2) is 0 Å². The third kappa shape index (κ3) is 21.5. The topological polar surface area (TPSA) is 37.3 Å². The van der Waals surface area contributed by atoms with E-state index in [4.69, 9.17) is 5.11 Å². The lowest BCUT2D eigenvalue weighted by molar-refractivity contribution is -0.137. The fourth-order valence-electron chi connectivity index (χ4n) is 3.30. The van der Waals surface area contributed by atoms with E-state index in [-0.39, 0.29) is 0 Å². The van der Waals surface area contributed by atoms with Crippen LogP contribution in [0.2, 0.25) is 0 Å². The molecule has 0 spiro atoms. The Balaban J connectivity index is 2.99. The van der Waals surface area contributed by atoms with Gasteiger partial charge in [0.25, 0.3) is 0 Å². The van der Waals surface area contributed by atoms with Crippen molar-refractivity contribution in [2.24, 2.45) is 5.92 Å². The van der Waals surface area contributed by atoms with Crippen LogP contribution in [0.4, 0.5) is 0 Å². The zero-order valence-corrected chi connectivity index (χ0v) is 16.7. The number of carbonyl (C=O) groups is 1. The number of aliphatic carboxylic acids is 1. The van der Waals surface area contributed by atoms with Gasteiger partial charge in [-0.1, -0.05) is 117 Å². The Labute approximate surface area is 151 Å². The van der Waals surface area contributed by atoms with Crippen LogP contribution in [0.5, 0.6) is 0 Å². The first kappa shape index (κ1) is 23.5. The number of hydrogen-bond donors (Lipinski definition) is 1. The van der Waals surface area contributed by atoms with Crippen LogP contribution in [0.15, 0.2) is 0 Å². The van der Waals surface area contributed by atoms with Gasteiger partial charge in [0.15, 0.2) is 0 Å². The second-order valence-corrected chi connectivity index (χ2v) is 7.98. The summed E-state index contributed by atoms with van der Waals surface area (Å²) in [6, 6.07) is 0. The molecule has 0 aliphatic rings. The monoisotopic (exact) mass is 340 g/mol. The molecule has 0 heterocycles. The van der Waals surface area contributed by atoms with Crippen molar-refractivity contribution in [3.63, 3.8) is 0 Å². The van der Waals surface area contributed by atoms with Crippen molar-refractivity contribution >= 4 is 5.97 Å². The van der Waals surface area contributed by atoms with Gasteiger partial charge >= 0.3 is 5.97 Å². The van der Waals surface area contributed by atoms with Crippen molar-refractivity contribution in [1.29, 1.82) is 0 Å². The molecule has 144 valence electrons. The summed E-state index contributed by atoms with van der Waals surface area (Å²) in [7, 11) is 0. The van der Waals surface area contributed by atoms with E-state index in [2.05, 4.69) is 13.8 Å². The first-order valence-electron chi connectivity index (χ1n) is 10.8. The molecule has 0 aromatic carbocycles. The van der Waals surface area contributed by atoms with E-state index < -0.39 is 5.97 Å². The highest BCUT2D eigenvalue weighted by atomic mass is 16.4. The largest absolute Gasteiger partial charge is 0.481 e. The van der Waals surface area contributed by atoms with E-state index in [9.17, 15) is 4.79 Å². The summed E-state index contributed by atoms with van der Waals surface area (Å²) in [4.78, 5) is 10.4. The zero-order valence-electron chi connectivity index (χ0n) is 16.7. The Kier molecular flexibility index (Phi) is 18.4. The Bertz CT molecular complexity index is 261. The van der Waals surface area contributed by atoms with Crippen LogP contribution in [-0.2, 0) is 4.79 Å². The van der Waals surface area contributed by atoms with Gasteiger partial charge in [0.05, 0.1) is 0 Å². The quantitative estimate of drug-likeness (QED) is 0.244. The summed E-state index contributed by atoms with van der Waals surface area (Å²) in [5.41, 5.74) is 0. The van der Waals surface area contributed by atoms with Gasteiger partial charge < -0.3 is 5.11 Å². The van der Waals surface area contributed by atoms with E-state index in [0.29, 0.717) is 6.42 Å². The molecule has 0 atom stereocenters. The molecule has 0 fully saturated rings. The maximum atomic E-state index is 10.4. The molecule has 0 aromatic heterocycles. The molecule has 0 bridgehead atoms. The fraction of sp³-hybridized carbons (Fsp3) is 0.955. The van der Waals surface area contributed by atoms with E-state index in [1.807, 2.05) is 0 Å². The first-order valence-corrected chi connectivity index (χ1v) is 10.8. The molecule has 2 nitrogen and oxygen atoms in total. The lowest BCUT2D eigenvalue weighted by atomic mass is 10.0. The normalized spacial score (nSPS) is 11.3. The second-order valence-electron chi connectivity index (χ2n) is 7.98. The third-order valence-corrected chi connectivity index (χ3v) is 4.92. The standard InChI is InChI=1S/C22H44O2/c1-21(2)19-17-15-13-11-9-7-5-3-4-6-8-10-12-14-16-18-20-22(23)24/h21H,3-20H2,1-2H3,(H,23,24). The minimum absolute atomic E-state index is 0.345. The van der Waals surface area contributed by atoms with Crippen LogP contribution < -0.4 is 0 Å². The molecular formula is C22H44O2. The average Bonchev–Trinajstić information content (AvgIpc) is 2.53. The second kappa shape index (κ2) is 18.8. The number of carboxylic acid groups (broad SMARTS) is 1. The summed E-state index contributed by atoms with van der Waals surface area (Å²) < 4.78 is 0. The zero-order chi connectivity index (χ0) is 17.9. The Morgan fingerprint density at radius 2 is 0.875 bits per heavy atom. The van der Waals surface area contributed by atoms with Crippen molar-refractivity contribution < 1.29 is 9.90 Å². The Morgan fingerprint density at radius 1 is 0.583 bits per heavy atom. The Hall–Kier alpha value is -0.530. The number of carboxylic acids is 1. The summed E-state index contributed by atoms with van der Waals surface area (Å²) in [6.07, 6.45) is 23.2. The molecule has 0 aliphatic heterocycles. The molecular weight excluding hydrogens is 296 g/mol. The SMILES string of the molecule is CC(C)CCCCCCCCCCCCCCCCCCC(=O)O. The van der Waals surface area contributed by atoms with Crippen LogP contribution in [0.25, 0.3) is 0 Å². The van der Waals surface area contributed by atoms with Crippen LogP contribution in [0.1, 0.15) is 129 Å². The van der Waals surface area contributed by atoms with E-state index in [1.165, 1.54) is 96.3 Å². The number of unbranched alkanes of at least 4 members (excludes halogenated alkanes) is 15. The van der Waals surface area contributed by atoms with E-state index >= 15 is 0 Å². The van der Waals surface area contributed by atoms with Crippen molar-refractivity contribution in [1.82, 2.24) is 0 Å². The summed E-state index contributed by atoms with van der Waals surface area (Å²) in [5.74, 6) is 0.225. The molecule has 0 rings (SSSR count). The summed E-state index contributed by atoms with van der Waals surface area (Å²) >= 11 is 0. The van der Waals surface area contributed by atoms with Gasteiger partial charge in [0, 0.05) is 6.42 Å². The summed E-state index contributed by atoms with van der Waals surface area (Å²) in [5, 5.41) is 8.56. The third-order valence-electron chi connectivity index (χ3n) is 4.92. The molecule has 1 N–H and O–H groups in total. The number of hydrogen-bond acceptors (Lipinski definition) is 1. The van der Waals surface area contributed by atoms with Gasteiger partial charge in [0.2, 0.25) is 0 Å². The van der Waals surface area contributed by atoms with Crippen molar-refractivity contribution in [3.8, 4) is 0 Å². The van der Waals surface area contributed by atoms with E-state index in [1.54, 1.807) is 0 Å². The summed E-state index contributed by atoms with van der Waals surface area (Å²) in [6.45, 7) is 4.64. The molecule has 0 unspecified atom stereocenters. The number of rotatable bonds is 19. The molecule has 0 aliphatic carbocycles. The van der Waals surface area contributed by atoms with Crippen LogP contribution in [0, 0.1) is 5.92 Å². The minimum Gasteiger partial charge on any atom is -0.481 e. The highest BCUT2D eigenvalue weighted by Crippen LogP contribution is 2.15. The Morgan fingerprint density at radius 3 is 1.17 bits per heavy atom. The van der Waals surface area contributed by atoms with Crippen LogP contribution >= 0.6 is 0 Å². The minimum atomic E-state index is -0.652. The maximum Gasteiger partial charge on any atom is 0.303 e. The predicted molar refractivity (Wildman–Crippen MR) is 106 cm³/mol. The van der Waals surface area contributed by atoms with Gasteiger partial charge in [-0.05, 0) is 12.3 Å². The van der Waals surface area contributed by atoms with Crippen molar-refractivity contribution in [3.05, 3.63) is 0 Å². The smallest absolute Gasteiger partial charge is 0.303 e. The average molecular weight is 341 g/mol. The van der Waals surface area contributed by atoms with E-state index in [0.717, 1.165) is 18.8 Å². The van der Waals surface area contributed by atoms with Gasteiger partial charge in [-0.15, -0.1) is 0 Å². The van der Waals surface area contributed by atoms with Gasteiger partial charge in [-0.2, -0.15) is 0 Å². The predicted octanol–water partition coefficient (Wildman–Crippen LogP) is 7.75. The fourth-order valence-corrected chi connectivity index (χ4v) is 3.30. The van der Waals surface area contributed by atoms with Crippen LogP contribution in [0.3, 0.4) is 0 Å². The highest BCUT2D eigenvalue weighted by Gasteiger charge is 1.97. The van der Waals surface area contributed by atoms with Crippen molar-refractivity contribution in [2.45, 2.75) is 129 Å². The molecule has 0 aromatic rings. The maximum absolute atomic E-state index is 10.4. The lowest BCUT2D eigenvalue weighted by Crippen LogP contribution is -1.93. The molecule has 0 saturated heterocycles. The van der Waals surface area contributed by atoms with Crippen molar-refractivity contribution in [2.75, 3.05) is 0 Å². The first-order chi connectivity index (χ1) is 11.6. The van der Waals surface area contributed by atoms with Gasteiger partial charge in [0.1, 0.15) is 0 Å². The highest BCUT2D eigenvalue weighted by molar-refractivity contribution is 5.66. The van der Waals surface area contributed by atoms with Crippen LogP contribution in [-0.4, -0.2) is 11.1 Å². The molecule has 0 saturated carbocycles. The lowest BCUT2D eigenvalue weighted by Gasteiger charge is -2.05. The molecule has 2 heteroatoms. The molecule has 0 amide bonds. The molecule has 24 heavy (non-hydrogen) atoms. The van der Waals surface area contributed by atoms with Gasteiger partial charge in [-0.3, -0.25) is 4.79 Å².